The van der Waals surface area contributed by atoms with E-state index in [-0.39, 0.29) is 11.5 Å². The molecule has 6 heteroatoms. The number of aromatic nitrogens is 2. The van der Waals surface area contributed by atoms with Gasteiger partial charge in [0.25, 0.3) is 11.5 Å². The molecule has 0 bridgehead atoms. The minimum absolute atomic E-state index is 0.153. The highest BCUT2D eigenvalue weighted by molar-refractivity contribution is 9.10. The lowest BCUT2D eigenvalue weighted by atomic mass is 10.2. The maximum atomic E-state index is 12.3. The number of carbonyl (C=O) groups excluding carboxylic acids is 1. The van der Waals surface area contributed by atoms with Gasteiger partial charge in [-0.3, -0.25) is 9.59 Å². The van der Waals surface area contributed by atoms with Crippen molar-refractivity contribution >= 4 is 32.6 Å². The summed E-state index contributed by atoms with van der Waals surface area (Å²) < 4.78 is 2.21. The number of rotatable bonds is 4. The Hall–Kier alpha value is -2.47. The van der Waals surface area contributed by atoms with E-state index in [2.05, 4.69) is 26.3 Å². The topological polar surface area (TPSA) is 64.0 Å². The molecule has 3 rings (SSSR count). The fourth-order valence-corrected chi connectivity index (χ4v) is 2.69. The fourth-order valence-electron chi connectivity index (χ4n) is 2.29. The first-order chi connectivity index (χ1) is 11.1. The smallest absolute Gasteiger partial charge is 0.274 e. The van der Waals surface area contributed by atoms with E-state index in [0.29, 0.717) is 24.0 Å². The van der Waals surface area contributed by atoms with Gasteiger partial charge in [0.05, 0.1) is 18.1 Å². The Balaban J connectivity index is 1.68. The quantitative estimate of drug-likeness (QED) is 0.766. The van der Waals surface area contributed by atoms with Crippen LogP contribution < -0.4 is 10.9 Å². The maximum absolute atomic E-state index is 12.3. The molecule has 116 valence electrons. The van der Waals surface area contributed by atoms with Crippen molar-refractivity contribution in [2.24, 2.45) is 0 Å². The summed E-state index contributed by atoms with van der Waals surface area (Å²) in [6, 6.07) is 14.5. The molecule has 0 unspecified atom stereocenters. The minimum atomic E-state index is -0.180. The largest absolute Gasteiger partial charge is 0.350 e. The molecule has 5 nitrogen and oxygen atoms in total. The number of amides is 1. The molecular weight excluding hydrogens is 358 g/mol. The van der Waals surface area contributed by atoms with Crippen LogP contribution in [-0.4, -0.2) is 22.2 Å². The number of halogens is 1. The van der Waals surface area contributed by atoms with E-state index in [0.717, 1.165) is 9.86 Å². The average molecular weight is 372 g/mol. The molecule has 0 radical (unpaired) electrons. The Bertz CT molecular complexity index is 921. The summed E-state index contributed by atoms with van der Waals surface area (Å²) in [5.74, 6) is -0.180. The zero-order valence-corrected chi connectivity index (χ0v) is 13.8. The van der Waals surface area contributed by atoms with Crippen molar-refractivity contribution in [2.45, 2.75) is 6.54 Å². The van der Waals surface area contributed by atoms with E-state index >= 15 is 0 Å². The third-order valence-electron chi connectivity index (χ3n) is 3.46. The summed E-state index contributed by atoms with van der Waals surface area (Å²) in [6.45, 7) is 0.653. The first kappa shape index (κ1) is 15.4. The molecule has 0 aliphatic rings. The molecule has 1 heterocycles. The first-order valence-electron chi connectivity index (χ1n) is 7.14. The van der Waals surface area contributed by atoms with Crippen LogP contribution in [0, 0.1) is 0 Å². The molecule has 2 aromatic carbocycles. The van der Waals surface area contributed by atoms with Gasteiger partial charge in [0.15, 0.2) is 0 Å². The molecular formula is C17H14BrN3O2. The Labute approximate surface area is 141 Å². The molecule has 1 amide bonds. The molecule has 0 saturated heterocycles. The summed E-state index contributed by atoms with van der Waals surface area (Å²) in [5, 5.41) is 8.36. The Kier molecular flexibility index (Phi) is 4.52. The van der Waals surface area contributed by atoms with Gasteiger partial charge in [-0.15, -0.1) is 0 Å². The van der Waals surface area contributed by atoms with Crippen LogP contribution in [0.4, 0.5) is 0 Å². The van der Waals surface area contributed by atoms with Crippen molar-refractivity contribution in [3.63, 3.8) is 0 Å². The summed E-state index contributed by atoms with van der Waals surface area (Å²) in [4.78, 5) is 24.3. The molecule has 0 aliphatic carbocycles. The minimum Gasteiger partial charge on any atom is -0.350 e. The average Bonchev–Trinajstić information content (AvgIpc) is 2.57. The molecule has 23 heavy (non-hydrogen) atoms. The number of nitrogens with one attached hydrogen (secondary N) is 1. The van der Waals surface area contributed by atoms with E-state index in [4.69, 9.17) is 0 Å². The molecule has 0 spiro atoms. The Morgan fingerprint density at radius 2 is 2.00 bits per heavy atom. The van der Waals surface area contributed by atoms with Crippen LogP contribution in [0.25, 0.3) is 10.8 Å². The summed E-state index contributed by atoms with van der Waals surface area (Å²) in [5.41, 5.74) is 0.415. The lowest BCUT2D eigenvalue weighted by molar-refractivity contribution is 0.0951. The Morgan fingerprint density at radius 1 is 1.17 bits per heavy atom. The van der Waals surface area contributed by atoms with Gasteiger partial charge in [-0.2, -0.15) is 5.10 Å². The number of carbonyl (C=O) groups is 1. The second-order valence-electron chi connectivity index (χ2n) is 5.03. The van der Waals surface area contributed by atoms with Crippen molar-refractivity contribution in [1.82, 2.24) is 15.1 Å². The van der Waals surface area contributed by atoms with Crippen molar-refractivity contribution in [1.29, 1.82) is 0 Å². The zero-order valence-electron chi connectivity index (χ0n) is 12.2. The van der Waals surface area contributed by atoms with E-state index < -0.39 is 0 Å². The van der Waals surface area contributed by atoms with E-state index in [1.54, 1.807) is 30.5 Å². The number of hydrogen-bond donors (Lipinski definition) is 1. The van der Waals surface area contributed by atoms with Crippen LogP contribution in [0.2, 0.25) is 0 Å². The molecule has 0 saturated carbocycles. The lowest BCUT2D eigenvalue weighted by Crippen LogP contribution is -2.32. The van der Waals surface area contributed by atoms with Crippen LogP contribution in [0.3, 0.4) is 0 Å². The van der Waals surface area contributed by atoms with Gasteiger partial charge in [0.1, 0.15) is 0 Å². The van der Waals surface area contributed by atoms with E-state index in [1.165, 1.54) is 4.68 Å². The highest BCUT2D eigenvalue weighted by atomic mass is 79.9. The first-order valence-corrected chi connectivity index (χ1v) is 7.93. The zero-order chi connectivity index (χ0) is 16.2. The van der Waals surface area contributed by atoms with Crippen LogP contribution in [0.15, 0.2) is 64.0 Å². The fraction of sp³-hybridized carbons (Fsp3) is 0.118. The predicted molar refractivity (Wildman–Crippen MR) is 92.5 cm³/mol. The second kappa shape index (κ2) is 6.75. The number of fused-ring (bicyclic) bond motifs is 1. The molecule has 3 aromatic rings. The number of hydrogen-bond acceptors (Lipinski definition) is 3. The van der Waals surface area contributed by atoms with Crippen LogP contribution in [0.1, 0.15) is 10.4 Å². The lowest BCUT2D eigenvalue weighted by Gasteiger charge is -2.08. The van der Waals surface area contributed by atoms with Gasteiger partial charge in [-0.25, -0.2) is 4.68 Å². The monoisotopic (exact) mass is 371 g/mol. The molecule has 1 aromatic heterocycles. The SMILES string of the molecule is O=C(NCCn1ncc2ccccc2c1=O)c1cccc(Br)c1. The van der Waals surface area contributed by atoms with E-state index in [1.807, 2.05) is 24.3 Å². The van der Waals surface area contributed by atoms with Gasteiger partial charge in [-0.1, -0.05) is 40.2 Å². The summed E-state index contributed by atoms with van der Waals surface area (Å²) in [7, 11) is 0. The van der Waals surface area contributed by atoms with Gasteiger partial charge in [0, 0.05) is 22.0 Å². The standard InChI is InChI=1S/C17H14BrN3O2/c18-14-6-3-5-12(10-14)16(22)19-8-9-21-17(23)15-7-2-1-4-13(15)11-20-21/h1-7,10-11H,8-9H2,(H,19,22). The molecule has 0 fully saturated rings. The van der Waals surface area contributed by atoms with Crippen LogP contribution >= 0.6 is 15.9 Å². The third kappa shape index (κ3) is 3.48. The summed E-state index contributed by atoms with van der Waals surface area (Å²) in [6.07, 6.45) is 1.66. The highest BCUT2D eigenvalue weighted by Gasteiger charge is 2.07. The molecule has 0 aliphatic heterocycles. The number of benzene rings is 2. The van der Waals surface area contributed by atoms with Gasteiger partial charge in [-0.05, 0) is 24.3 Å². The van der Waals surface area contributed by atoms with Crippen molar-refractivity contribution in [3.8, 4) is 0 Å². The molecule has 1 N–H and O–H groups in total. The Morgan fingerprint density at radius 3 is 2.83 bits per heavy atom. The van der Waals surface area contributed by atoms with Crippen molar-refractivity contribution < 1.29 is 4.79 Å². The number of nitrogens with zero attached hydrogens (tertiary/aromatic N) is 2. The van der Waals surface area contributed by atoms with E-state index in [9.17, 15) is 9.59 Å². The summed E-state index contributed by atoms with van der Waals surface area (Å²) >= 11 is 3.33. The highest BCUT2D eigenvalue weighted by Crippen LogP contribution is 2.11. The van der Waals surface area contributed by atoms with Crippen LogP contribution in [-0.2, 0) is 6.54 Å². The maximum Gasteiger partial charge on any atom is 0.274 e. The third-order valence-corrected chi connectivity index (χ3v) is 3.95. The molecule has 0 atom stereocenters. The van der Waals surface area contributed by atoms with Gasteiger partial charge in [0.2, 0.25) is 0 Å². The van der Waals surface area contributed by atoms with Crippen molar-refractivity contribution in [3.05, 3.63) is 75.1 Å². The van der Waals surface area contributed by atoms with Gasteiger partial charge >= 0.3 is 0 Å². The van der Waals surface area contributed by atoms with Gasteiger partial charge < -0.3 is 5.32 Å². The van der Waals surface area contributed by atoms with Crippen molar-refractivity contribution in [2.75, 3.05) is 6.54 Å². The normalized spacial score (nSPS) is 10.7. The van der Waals surface area contributed by atoms with Crippen LogP contribution in [0.5, 0.6) is 0 Å². The second-order valence-corrected chi connectivity index (χ2v) is 5.94. The predicted octanol–water partition coefficient (Wildman–Crippen LogP) is 2.59.